The average Bonchev–Trinajstić information content (AvgIpc) is 2.72. The molecule has 1 heterocycles. The Hall–Kier alpha value is -1.00. The van der Waals surface area contributed by atoms with Crippen molar-refractivity contribution in [3.63, 3.8) is 0 Å². The van der Waals surface area contributed by atoms with E-state index in [1.54, 1.807) is 12.4 Å². The predicted octanol–water partition coefficient (Wildman–Crippen LogP) is 3.44. The number of anilines is 1. The van der Waals surface area contributed by atoms with E-state index in [2.05, 4.69) is 31.4 Å². The second-order valence-electron chi connectivity index (χ2n) is 3.08. The molecule has 0 unspecified atom stereocenters. The van der Waals surface area contributed by atoms with Crippen LogP contribution in [0.5, 0.6) is 0 Å². The highest BCUT2D eigenvalue weighted by atomic mass is 79.9. The van der Waals surface area contributed by atoms with Crippen LogP contribution in [0, 0.1) is 0 Å². The normalized spacial score (nSPS) is 10.3. The molecule has 0 amide bonds. The molecule has 2 aromatic rings. The summed E-state index contributed by atoms with van der Waals surface area (Å²) in [5.41, 5.74) is 2.00. The van der Waals surface area contributed by atoms with Crippen molar-refractivity contribution in [2.24, 2.45) is 0 Å². The second kappa shape index (κ2) is 4.68. The third-order valence-electron chi connectivity index (χ3n) is 1.99. The second-order valence-corrected chi connectivity index (χ2v) is 4.40. The van der Waals surface area contributed by atoms with Crippen molar-refractivity contribution in [1.29, 1.82) is 0 Å². The minimum Gasteiger partial charge on any atom is -0.378 e. The highest BCUT2D eigenvalue weighted by Crippen LogP contribution is 2.21. The highest BCUT2D eigenvalue weighted by molar-refractivity contribution is 9.10. The number of benzene rings is 1. The molecule has 0 bridgehead atoms. The quantitative estimate of drug-likeness (QED) is 0.907. The zero-order valence-corrected chi connectivity index (χ0v) is 10.1. The van der Waals surface area contributed by atoms with Gasteiger partial charge in [0, 0.05) is 22.2 Å². The summed E-state index contributed by atoms with van der Waals surface area (Å²) < 4.78 is 1.02. The van der Waals surface area contributed by atoms with Gasteiger partial charge in [-0.05, 0) is 23.8 Å². The number of aromatic amines is 1. The van der Waals surface area contributed by atoms with Crippen LogP contribution in [-0.4, -0.2) is 10.2 Å². The van der Waals surface area contributed by atoms with Crippen molar-refractivity contribution in [3.8, 4) is 0 Å². The van der Waals surface area contributed by atoms with Gasteiger partial charge in [-0.1, -0.05) is 27.5 Å². The Morgan fingerprint density at radius 3 is 3.07 bits per heavy atom. The number of hydrogen-bond donors (Lipinski definition) is 2. The Labute approximate surface area is 101 Å². The molecule has 2 N–H and O–H groups in total. The van der Waals surface area contributed by atoms with Gasteiger partial charge in [0.05, 0.1) is 11.9 Å². The van der Waals surface area contributed by atoms with Crippen molar-refractivity contribution >= 4 is 33.2 Å². The third-order valence-corrected chi connectivity index (χ3v) is 2.85. The minimum absolute atomic E-state index is 0.678. The monoisotopic (exact) mass is 285 g/mol. The fourth-order valence-electron chi connectivity index (χ4n) is 1.22. The number of H-pyrrole nitrogens is 1. The van der Waals surface area contributed by atoms with E-state index in [9.17, 15) is 0 Å². The van der Waals surface area contributed by atoms with Gasteiger partial charge in [-0.3, -0.25) is 5.10 Å². The van der Waals surface area contributed by atoms with Gasteiger partial charge in [0.15, 0.2) is 0 Å². The summed E-state index contributed by atoms with van der Waals surface area (Å²) in [5, 5.41) is 10.6. The summed E-state index contributed by atoms with van der Waals surface area (Å²) in [5.74, 6) is 0. The maximum Gasteiger partial charge on any atom is 0.0726 e. The summed E-state index contributed by atoms with van der Waals surface area (Å²) in [4.78, 5) is 0. The van der Waals surface area contributed by atoms with E-state index in [4.69, 9.17) is 11.6 Å². The summed E-state index contributed by atoms with van der Waals surface area (Å²) in [6.45, 7) is 0.678. The lowest BCUT2D eigenvalue weighted by atomic mass is 10.2. The van der Waals surface area contributed by atoms with Crippen LogP contribution < -0.4 is 5.32 Å². The molecule has 78 valence electrons. The fourth-order valence-corrected chi connectivity index (χ4v) is 1.82. The van der Waals surface area contributed by atoms with E-state index in [1.165, 1.54) is 0 Å². The summed E-state index contributed by atoms with van der Waals surface area (Å²) in [7, 11) is 0. The molecular weight excluding hydrogens is 277 g/mol. The van der Waals surface area contributed by atoms with E-state index in [1.807, 2.05) is 18.2 Å². The van der Waals surface area contributed by atoms with Crippen LogP contribution in [0.3, 0.4) is 0 Å². The van der Waals surface area contributed by atoms with Crippen LogP contribution in [0.4, 0.5) is 5.69 Å². The standard InChI is InChI=1S/C10H9BrClN3/c11-8-1-2-10(12)7(3-8)4-13-9-5-14-15-6-9/h1-3,5-6,13H,4H2,(H,14,15). The lowest BCUT2D eigenvalue weighted by Crippen LogP contribution is -1.98. The lowest BCUT2D eigenvalue weighted by molar-refractivity contribution is 1.09. The first-order valence-electron chi connectivity index (χ1n) is 4.42. The molecule has 0 spiro atoms. The molecule has 0 saturated heterocycles. The van der Waals surface area contributed by atoms with Crippen molar-refractivity contribution < 1.29 is 0 Å². The molecule has 3 nitrogen and oxygen atoms in total. The van der Waals surface area contributed by atoms with Crippen LogP contribution in [0.2, 0.25) is 5.02 Å². The molecule has 5 heteroatoms. The van der Waals surface area contributed by atoms with Crippen LogP contribution in [0.15, 0.2) is 35.1 Å². The van der Waals surface area contributed by atoms with E-state index >= 15 is 0 Å². The molecule has 0 saturated carbocycles. The van der Waals surface area contributed by atoms with Crippen LogP contribution in [0.1, 0.15) is 5.56 Å². The first kappa shape index (κ1) is 10.5. The number of nitrogens with zero attached hydrogens (tertiary/aromatic N) is 1. The van der Waals surface area contributed by atoms with Crippen molar-refractivity contribution in [2.75, 3.05) is 5.32 Å². The van der Waals surface area contributed by atoms with Crippen LogP contribution in [-0.2, 0) is 6.54 Å². The van der Waals surface area contributed by atoms with Gasteiger partial charge in [-0.25, -0.2) is 0 Å². The molecule has 0 fully saturated rings. The largest absolute Gasteiger partial charge is 0.378 e. The minimum atomic E-state index is 0.678. The van der Waals surface area contributed by atoms with Gasteiger partial charge in [0.1, 0.15) is 0 Å². The topological polar surface area (TPSA) is 40.7 Å². The molecule has 2 rings (SSSR count). The van der Waals surface area contributed by atoms with Gasteiger partial charge in [0.25, 0.3) is 0 Å². The van der Waals surface area contributed by atoms with E-state index < -0.39 is 0 Å². The van der Waals surface area contributed by atoms with Crippen molar-refractivity contribution in [2.45, 2.75) is 6.54 Å². The molecular formula is C10H9BrClN3. The summed E-state index contributed by atoms with van der Waals surface area (Å²) in [6.07, 6.45) is 3.53. The Morgan fingerprint density at radius 1 is 1.47 bits per heavy atom. The smallest absolute Gasteiger partial charge is 0.0726 e. The SMILES string of the molecule is Clc1ccc(Br)cc1CNc1cn[nH]c1. The van der Waals surface area contributed by atoms with Gasteiger partial charge >= 0.3 is 0 Å². The summed E-state index contributed by atoms with van der Waals surface area (Å²) >= 11 is 9.46. The molecule has 0 atom stereocenters. The molecule has 15 heavy (non-hydrogen) atoms. The molecule has 1 aromatic carbocycles. The van der Waals surface area contributed by atoms with E-state index in [-0.39, 0.29) is 0 Å². The number of halogens is 2. The third kappa shape index (κ3) is 2.73. The Bertz CT molecular complexity index is 442. The van der Waals surface area contributed by atoms with Crippen molar-refractivity contribution in [1.82, 2.24) is 10.2 Å². The average molecular weight is 287 g/mol. The van der Waals surface area contributed by atoms with Crippen LogP contribution in [0.25, 0.3) is 0 Å². The van der Waals surface area contributed by atoms with E-state index in [0.29, 0.717) is 6.54 Å². The predicted molar refractivity (Wildman–Crippen MR) is 65.1 cm³/mol. The van der Waals surface area contributed by atoms with Crippen LogP contribution >= 0.6 is 27.5 Å². The fraction of sp³-hybridized carbons (Fsp3) is 0.100. The van der Waals surface area contributed by atoms with Crippen molar-refractivity contribution in [3.05, 3.63) is 45.7 Å². The Morgan fingerprint density at radius 2 is 2.33 bits per heavy atom. The van der Waals surface area contributed by atoms with Gasteiger partial charge in [0.2, 0.25) is 0 Å². The highest BCUT2D eigenvalue weighted by Gasteiger charge is 2.01. The zero-order valence-electron chi connectivity index (χ0n) is 7.80. The lowest BCUT2D eigenvalue weighted by Gasteiger charge is -2.06. The van der Waals surface area contributed by atoms with Gasteiger partial charge in [-0.2, -0.15) is 5.10 Å². The number of rotatable bonds is 3. The van der Waals surface area contributed by atoms with E-state index in [0.717, 1.165) is 20.7 Å². The van der Waals surface area contributed by atoms with Gasteiger partial charge in [-0.15, -0.1) is 0 Å². The maximum absolute atomic E-state index is 6.05. The molecule has 0 radical (unpaired) electrons. The van der Waals surface area contributed by atoms with Gasteiger partial charge < -0.3 is 5.32 Å². The Kier molecular flexibility index (Phi) is 3.28. The number of hydrogen-bond acceptors (Lipinski definition) is 2. The summed E-state index contributed by atoms with van der Waals surface area (Å²) in [6, 6.07) is 5.79. The first-order chi connectivity index (χ1) is 7.25. The molecule has 0 aliphatic carbocycles. The number of nitrogens with one attached hydrogen (secondary N) is 2. The molecule has 0 aliphatic rings. The first-order valence-corrected chi connectivity index (χ1v) is 5.59. The molecule has 0 aliphatic heterocycles. The maximum atomic E-state index is 6.05. The zero-order chi connectivity index (χ0) is 10.7. The Balaban J connectivity index is 2.07. The number of aromatic nitrogens is 2. The molecule has 1 aromatic heterocycles.